The first kappa shape index (κ1) is 20.9. The third-order valence-corrected chi connectivity index (χ3v) is 4.68. The molecule has 1 aliphatic heterocycles. The third kappa shape index (κ3) is 7.15. The van der Waals surface area contributed by atoms with Gasteiger partial charge in [0.05, 0.1) is 19.2 Å². The van der Waals surface area contributed by atoms with Crippen LogP contribution in [0.3, 0.4) is 0 Å². The number of nitrogens with zero attached hydrogens (tertiary/aromatic N) is 2. The summed E-state index contributed by atoms with van der Waals surface area (Å²) in [6.45, 7) is 12.8. The Bertz CT molecular complexity index is 407. The van der Waals surface area contributed by atoms with Crippen LogP contribution in [0.25, 0.3) is 0 Å². The molecule has 140 valence electrons. The molecule has 1 heterocycles. The first-order chi connectivity index (χ1) is 11.3. The monoisotopic (exact) mass is 342 g/mol. The molecule has 1 unspecified atom stereocenters. The zero-order valence-corrected chi connectivity index (χ0v) is 15.9. The predicted molar refractivity (Wildman–Crippen MR) is 94.9 cm³/mol. The fraction of sp³-hybridized carbons (Fsp3) is 0.882. The van der Waals surface area contributed by atoms with E-state index in [2.05, 4.69) is 27.4 Å². The van der Waals surface area contributed by atoms with Crippen molar-refractivity contribution in [3.63, 3.8) is 0 Å². The minimum Gasteiger partial charge on any atom is -0.383 e. The number of methoxy groups -OCH3 is 1. The topological polar surface area (TPSA) is 73.9 Å². The summed E-state index contributed by atoms with van der Waals surface area (Å²) >= 11 is 0. The van der Waals surface area contributed by atoms with E-state index in [-0.39, 0.29) is 23.4 Å². The molecule has 1 atom stereocenters. The Morgan fingerprint density at radius 2 is 1.83 bits per heavy atom. The number of ether oxygens (including phenoxy) is 1. The van der Waals surface area contributed by atoms with Gasteiger partial charge in [0.2, 0.25) is 11.8 Å². The predicted octanol–water partition coefficient (Wildman–Crippen LogP) is 0.0599. The van der Waals surface area contributed by atoms with Crippen LogP contribution in [-0.4, -0.2) is 86.2 Å². The highest BCUT2D eigenvalue weighted by Gasteiger charge is 2.28. The summed E-state index contributed by atoms with van der Waals surface area (Å²) < 4.78 is 4.91. The second-order valence-corrected chi connectivity index (χ2v) is 7.06. The summed E-state index contributed by atoms with van der Waals surface area (Å²) in [5.74, 6) is 0.101. The molecule has 0 radical (unpaired) electrons. The maximum atomic E-state index is 12.4. The maximum absolute atomic E-state index is 12.4. The molecule has 0 aliphatic carbocycles. The van der Waals surface area contributed by atoms with Gasteiger partial charge in [-0.15, -0.1) is 0 Å². The molecule has 1 fully saturated rings. The van der Waals surface area contributed by atoms with Crippen LogP contribution in [0.15, 0.2) is 0 Å². The van der Waals surface area contributed by atoms with Gasteiger partial charge in [0.1, 0.15) is 0 Å². The largest absolute Gasteiger partial charge is 0.383 e. The number of nitrogens with one attached hydrogen (secondary N) is 2. The zero-order valence-electron chi connectivity index (χ0n) is 15.9. The summed E-state index contributed by atoms with van der Waals surface area (Å²) in [4.78, 5) is 28.5. The summed E-state index contributed by atoms with van der Waals surface area (Å²) in [5.41, 5.74) is -0.173. The molecule has 0 aromatic rings. The lowest BCUT2D eigenvalue weighted by molar-refractivity contribution is -0.129. The second-order valence-electron chi connectivity index (χ2n) is 7.06. The van der Waals surface area contributed by atoms with Gasteiger partial charge in [-0.3, -0.25) is 19.4 Å². The van der Waals surface area contributed by atoms with Crippen LogP contribution in [0, 0.1) is 0 Å². The van der Waals surface area contributed by atoms with E-state index in [0.717, 1.165) is 32.6 Å². The van der Waals surface area contributed by atoms with Crippen molar-refractivity contribution >= 4 is 11.8 Å². The van der Waals surface area contributed by atoms with Crippen LogP contribution in [0.1, 0.15) is 34.1 Å². The normalized spacial score (nSPS) is 18.2. The van der Waals surface area contributed by atoms with Crippen molar-refractivity contribution in [2.45, 2.75) is 45.7 Å². The smallest absolute Gasteiger partial charge is 0.237 e. The fourth-order valence-corrected chi connectivity index (χ4v) is 2.55. The van der Waals surface area contributed by atoms with E-state index in [0.29, 0.717) is 19.7 Å². The first-order valence-corrected chi connectivity index (χ1v) is 8.83. The van der Waals surface area contributed by atoms with E-state index in [1.54, 1.807) is 7.11 Å². The molecule has 0 aromatic heterocycles. The lowest BCUT2D eigenvalue weighted by Crippen LogP contribution is -2.57. The number of hydrogen-bond acceptors (Lipinski definition) is 5. The second kappa shape index (κ2) is 9.96. The Balaban J connectivity index is 2.34. The molecular formula is C17H34N4O3. The van der Waals surface area contributed by atoms with Crippen LogP contribution in [-0.2, 0) is 14.3 Å². The fourth-order valence-electron chi connectivity index (χ4n) is 2.55. The number of rotatable bonds is 9. The Morgan fingerprint density at radius 1 is 1.21 bits per heavy atom. The zero-order chi connectivity index (χ0) is 18.2. The lowest BCUT2D eigenvalue weighted by atomic mass is 10.0. The van der Waals surface area contributed by atoms with E-state index < -0.39 is 0 Å². The highest BCUT2D eigenvalue weighted by molar-refractivity contribution is 5.82. The van der Waals surface area contributed by atoms with Crippen molar-refractivity contribution in [1.82, 2.24) is 20.4 Å². The highest BCUT2D eigenvalue weighted by atomic mass is 16.5. The molecule has 0 spiro atoms. The number of hydrogen-bond donors (Lipinski definition) is 2. The molecule has 1 saturated heterocycles. The Labute approximate surface area is 146 Å². The molecule has 0 aromatic carbocycles. The van der Waals surface area contributed by atoms with E-state index >= 15 is 0 Å². The average molecular weight is 342 g/mol. The quantitative estimate of drug-likeness (QED) is 0.580. The summed E-state index contributed by atoms with van der Waals surface area (Å²) in [5, 5.41) is 5.94. The Kier molecular flexibility index (Phi) is 8.66. The number of piperazine rings is 1. The van der Waals surface area contributed by atoms with E-state index in [4.69, 9.17) is 4.74 Å². The average Bonchev–Trinajstić information content (AvgIpc) is 2.54. The Hall–Kier alpha value is -1.18. The molecule has 2 N–H and O–H groups in total. The molecule has 7 nitrogen and oxygen atoms in total. The van der Waals surface area contributed by atoms with Crippen molar-refractivity contribution in [1.29, 1.82) is 0 Å². The standard InChI is InChI=1S/C17H34N4O3/c1-6-17(3,4)19-16(23)14(2)21-10-8-20(9-11-21)13-15(22)18-7-12-24-5/h14H,6-13H2,1-5H3,(H,18,22)(H,19,23). The van der Waals surface area contributed by atoms with Crippen molar-refractivity contribution in [3.8, 4) is 0 Å². The molecule has 7 heteroatoms. The van der Waals surface area contributed by atoms with Gasteiger partial charge in [-0.2, -0.15) is 0 Å². The molecule has 1 aliphatic rings. The lowest BCUT2D eigenvalue weighted by Gasteiger charge is -2.38. The number of amides is 2. The number of carbonyl (C=O) groups is 2. The summed E-state index contributed by atoms with van der Waals surface area (Å²) in [7, 11) is 1.62. The van der Waals surface area contributed by atoms with Crippen molar-refractivity contribution in [2.75, 3.05) is 53.0 Å². The highest BCUT2D eigenvalue weighted by Crippen LogP contribution is 2.11. The molecule has 2 amide bonds. The van der Waals surface area contributed by atoms with Crippen molar-refractivity contribution in [3.05, 3.63) is 0 Å². The van der Waals surface area contributed by atoms with E-state index in [1.165, 1.54) is 0 Å². The minimum atomic E-state index is -0.173. The summed E-state index contributed by atoms with van der Waals surface area (Å²) in [6.07, 6.45) is 0.900. The van der Waals surface area contributed by atoms with Gasteiger partial charge in [-0.25, -0.2) is 0 Å². The molecule has 0 bridgehead atoms. The molecular weight excluding hydrogens is 308 g/mol. The molecule has 1 rings (SSSR count). The van der Waals surface area contributed by atoms with Crippen LogP contribution >= 0.6 is 0 Å². The van der Waals surface area contributed by atoms with Crippen molar-refractivity contribution in [2.24, 2.45) is 0 Å². The van der Waals surface area contributed by atoms with Gasteiger partial charge in [0, 0.05) is 45.4 Å². The van der Waals surface area contributed by atoms with Crippen LogP contribution < -0.4 is 10.6 Å². The van der Waals surface area contributed by atoms with Gasteiger partial charge < -0.3 is 15.4 Å². The first-order valence-electron chi connectivity index (χ1n) is 8.83. The molecule has 24 heavy (non-hydrogen) atoms. The minimum absolute atomic E-state index is 0.0241. The summed E-state index contributed by atoms with van der Waals surface area (Å²) in [6, 6.07) is -0.145. The third-order valence-electron chi connectivity index (χ3n) is 4.68. The van der Waals surface area contributed by atoms with Gasteiger partial charge >= 0.3 is 0 Å². The van der Waals surface area contributed by atoms with Crippen LogP contribution in [0.4, 0.5) is 0 Å². The Morgan fingerprint density at radius 3 is 2.38 bits per heavy atom. The van der Waals surface area contributed by atoms with E-state index in [9.17, 15) is 9.59 Å². The van der Waals surface area contributed by atoms with Crippen LogP contribution in [0.2, 0.25) is 0 Å². The van der Waals surface area contributed by atoms with Gasteiger partial charge in [0.25, 0.3) is 0 Å². The van der Waals surface area contributed by atoms with E-state index in [1.807, 2.05) is 20.8 Å². The van der Waals surface area contributed by atoms with Gasteiger partial charge in [-0.05, 0) is 27.2 Å². The maximum Gasteiger partial charge on any atom is 0.237 e. The molecule has 0 saturated carbocycles. The SMILES string of the molecule is CCC(C)(C)NC(=O)C(C)N1CCN(CC(=O)NCCOC)CC1. The van der Waals surface area contributed by atoms with Gasteiger partial charge in [-0.1, -0.05) is 6.92 Å². The van der Waals surface area contributed by atoms with Crippen molar-refractivity contribution < 1.29 is 14.3 Å². The number of carbonyl (C=O) groups excluding carboxylic acids is 2. The van der Waals surface area contributed by atoms with Crippen LogP contribution in [0.5, 0.6) is 0 Å². The van der Waals surface area contributed by atoms with Gasteiger partial charge in [0.15, 0.2) is 0 Å².